The lowest BCUT2D eigenvalue weighted by Crippen LogP contribution is -2.41. The monoisotopic (exact) mass is 533 g/mol. The van der Waals surface area contributed by atoms with Crippen LogP contribution in [-0.4, -0.2) is 57.2 Å². The first-order valence-electron chi connectivity index (χ1n) is 11.0. The normalized spacial score (nSPS) is 15.1. The highest BCUT2D eigenvalue weighted by Crippen LogP contribution is 2.34. The highest BCUT2D eigenvalue weighted by Gasteiger charge is 2.33. The van der Waals surface area contributed by atoms with Gasteiger partial charge in [0.05, 0.1) is 24.8 Å². The second-order valence-electron chi connectivity index (χ2n) is 7.93. The van der Waals surface area contributed by atoms with Gasteiger partial charge in [0.2, 0.25) is 15.9 Å². The molecule has 0 aliphatic carbocycles. The van der Waals surface area contributed by atoms with Crippen molar-refractivity contribution in [3.05, 3.63) is 47.8 Å². The number of aromatic nitrogens is 1. The van der Waals surface area contributed by atoms with Gasteiger partial charge >= 0.3 is 0 Å². The summed E-state index contributed by atoms with van der Waals surface area (Å²) >= 11 is 2.75. The van der Waals surface area contributed by atoms with Crippen LogP contribution in [0.1, 0.15) is 12.8 Å². The van der Waals surface area contributed by atoms with Crippen LogP contribution in [0.4, 0.5) is 5.13 Å². The van der Waals surface area contributed by atoms with Gasteiger partial charge in [-0.05, 0) is 49.4 Å². The topological polar surface area (TPSA) is 97.8 Å². The molecule has 1 aromatic heterocycles. The number of piperidine rings is 1. The van der Waals surface area contributed by atoms with Gasteiger partial charge in [0, 0.05) is 34.8 Å². The molecular formula is C24H27N3O5S3. The van der Waals surface area contributed by atoms with Gasteiger partial charge in [-0.15, -0.1) is 23.1 Å². The molecule has 1 aliphatic heterocycles. The van der Waals surface area contributed by atoms with Crippen molar-refractivity contribution in [3.63, 3.8) is 0 Å². The Balaban J connectivity index is 1.38. The zero-order valence-electron chi connectivity index (χ0n) is 19.7. The molecule has 1 aliphatic rings. The molecule has 4 rings (SSSR count). The number of ether oxygens (including phenoxy) is 2. The number of sulfonamides is 1. The number of rotatable bonds is 8. The van der Waals surface area contributed by atoms with Crippen LogP contribution < -0.4 is 14.8 Å². The van der Waals surface area contributed by atoms with E-state index in [4.69, 9.17) is 9.47 Å². The number of amides is 1. The molecule has 1 amide bonds. The Kier molecular flexibility index (Phi) is 8.00. The van der Waals surface area contributed by atoms with Crippen LogP contribution in [0.15, 0.2) is 57.6 Å². The first-order chi connectivity index (χ1) is 16.9. The summed E-state index contributed by atoms with van der Waals surface area (Å²) in [5, 5.41) is 5.27. The molecule has 0 bridgehead atoms. The molecule has 1 saturated heterocycles. The molecule has 0 saturated carbocycles. The highest BCUT2D eigenvalue weighted by atomic mass is 32.2. The van der Waals surface area contributed by atoms with E-state index in [0.717, 1.165) is 16.2 Å². The van der Waals surface area contributed by atoms with Crippen molar-refractivity contribution in [2.75, 3.05) is 38.9 Å². The standard InChI is InChI=1S/C24H27N3O5S3/c1-31-19-9-8-17(14-20(19)32-2)18-15-34-24(25-18)26-23(28)16-10-12-27(13-11-16)35(29,30)22-7-5-4-6-21(22)33-3/h4-9,14-16H,10-13H2,1-3H3,(H,25,26,28). The minimum Gasteiger partial charge on any atom is -0.493 e. The summed E-state index contributed by atoms with van der Waals surface area (Å²) in [6.07, 6.45) is 2.78. The van der Waals surface area contributed by atoms with E-state index in [1.807, 2.05) is 42.0 Å². The van der Waals surface area contributed by atoms with E-state index in [9.17, 15) is 13.2 Å². The van der Waals surface area contributed by atoms with E-state index >= 15 is 0 Å². The molecule has 2 heterocycles. The van der Waals surface area contributed by atoms with Crippen LogP contribution in [-0.2, 0) is 14.8 Å². The van der Waals surface area contributed by atoms with Crippen molar-refractivity contribution in [2.45, 2.75) is 22.6 Å². The number of thioether (sulfide) groups is 1. The van der Waals surface area contributed by atoms with Crippen LogP contribution >= 0.6 is 23.1 Å². The second-order valence-corrected chi connectivity index (χ2v) is 11.5. The van der Waals surface area contributed by atoms with Gasteiger partial charge in [0.15, 0.2) is 16.6 Å². The number of nitrogens with one attached hydrogen (secondary N) is 1. The number of anilines is 1. The molecule has 1 N–H and O–H groups in total. The fourth-order valence-electron chi connectivity index (χ4n) is 4.00. The van der Waals surface area contributed by atoms with Gasteiger partial charge < -0.3 is 14.8 Å². The van der Waals surface area contributed by atoms with Gasteiger partial charge in [-0.3, -0.25) is 4.79 Å². The molecule has 8 nitrogen and oxygen atoms in total. The Bertz CT molecular complexity index is 1300. The first kappa shape index (κ1) is 25.5. The second kappa shape index (κ2) is 11.0. The van der Waals surface area contributed by atoms with Crippen molar-refractivity contribution < 1.29 is 22.7 Å². The molecule has 0 radical (unpaired) electrons. The summed E-state index contributed by atoms with van der Waals surface area (Å²) in [5.41, 5.74) is 1.57. The number of benzene rings is 2. The summed E-state index contributed by atoms with van der Waals surface area (Å²) in [5.74, 6) is 0.821. The van der Waals surface area contributed by atoms with E-state index < -0.39 is 10.0 Å². The maximum absolute atomic E-state index is 13.1. The van der Waals surface area contributed by atoms with Gasteiger partial charge in [-0.1, -0.05) is 12.1 Å². The molecular weight excluding hydrogens is 506 g/mol. The lowest BCUT2D eigenvalue weighted by Gasteiger charge is -2.30. The number of methoxy groups -OCH3 is 2. The van der Waals surface area contributed by atoms with Crippen LogP contribution in [0.2, 0.25) is 0 Å². The fourth-order valence-corrected chi connectivity index (χ4v) is 7.31. The lowest BCUT2D eigenvalue weighted by molar-refractivity contribution is -0.120. The molecule has 0 spiro atoms. The zero-order valence-corrected chi connectivity index (χ0v) is 22.1. The van der Waals surface area contributed by atoms with E-state index in [1.165, 1.54) is 27.4 Å². The number of carbonyl (C=O) groups excluding carboxylic acids is 1. The predicted octanol–water partition coefficient (Wildman–Crippen LogP) is 4.59. The molecule has 35 heavy (non-hydrogen) atoms. The van der Waals surface area contributed by atoms with Crippen LogP contribution in [0.5, 0.6) is 11.5 Å². The molecule has 0 unspecified atom stereocenters. The van der Waals surface area contributed by atoms with Crippen molar-refractivity contribution in [3.8, 4) is 22.8 Å². The van der Waals surface area contributed by atoms with E-state index in [2.05, 4.69) is 10.3 Å². The Morgan fingerprint density at radius 1 is 1.11 bits per heavy atom. The molecule has 3 aromatic rings. The van der Waals surface area contributed by atoms with E-state index in [-0.39, 0.29) is 11.8 Å². The summed E-state index contributed by atoms with van der Waals surface area (Å²) < 4.78 is 38.4. The zero-order chi connectivity index (χ0) is 25.0. The highest BCUT2D eigenvalue weighted by molar-refractivity contribution is 7.99. The van der Waals surface area contributed by atoms with E-state index in [0.29, 0.717) is 47.5 Å². The summed E-state index contributed by atoms with van der Waals surface area (Å²) in [6, 6.07) is 12.5. The summed E-state index contributed by atoms with van der Waals surface area (Å²) in [7, 11) is -0.443. The van der Waals surface area contributed by atoms with Crippen molar-refractivity contribution in [1.82, 2.24) is 9.29 Å². The largest absolute Gasteiger partial charge is 0.493 e. The average molecular weight is 534 g/mol. The van der Waals surface area contributed by atoms with Crippen molar-refractivity contribution in [1.29, 1.82) is 0 Å². The number of nitrogens with zero attached hydrogens (tertiary/aromatic N) is 2. The third-order valence-electron chi connectivity index (χ3n) is 5.93. The Morgan fingerprint density at radius 2 is 1.83 bits per heavy atom. The first-order valence-corrected chi connectivity index (χ1v) is 14.5. The quantitative estimate of drug-likeness (QED) is 0.423. The van der Waals surface area contributed by atoms with Crippen LogP contribution in [0.25, 0.3) is 11.3 Å². The average Bonchev–Trinajstić information content (AvgIpc) is 3.36. The van der Waals surface area contributed by atoms with Gasteiger partial charge in [-0.2, -0.15) is 4.31 Å². The molecule has 11 heteroatoms. The van der Waals surface area contributed by atoms with Gasteiger partial charge in [0.1, 0.15) is 0 Å². The number of hydrogen-bond donors (Lipinski definition) is 1. The SMILES string of the molecule is COc1ccc(-c2csc(NC(=O)C3CCN(S(=O)(=O)c4ccccc4SC)CC3)n2)cc1OC. The Morgan fingerprint density at radius 3 is 2.51 bits per heavy atom. The minimum absolute atomic E-state index is 0.139. The fraction of sp³-hybridized carbons (Fsp3) is 0.333. The smallest absolute Gasteiger partial charge is 0.244 e. The summed E-state index contributed by atoms with van der Waals surface area (Å²) in [4.78, 5) is 18.5. The molecule has 1 fully saturated rings. The lowest BCUT2D eigenvalue weighted by atomic mass is 9.97. The third-order valence-corrected chi connectivity index (χ3v) is 9.56. The molecule has 0 atom stereocenters. The Labute approximate surface area is 213 Å². The van der Waals surface area contributed by atoms with Crippen LogP contribution in [0, 0.1) is 5.92 Å². The van der Waals surface area contributed by atoms with Crippen LogP contribution in [0.3, 0.4) is 0 Å². The third kappa shape index (κ3) is 5.48. The molecule has 186 valence electrons. The molecule has 2 aromatic carbocycles. The number of thiazole rings is 1. The Hall–Kier alpha value is -2.60. The maximum Gasteiger partial charge on any atom is 0.244 e. The van der Waals surface area contributed by atoms with Crippen molar-refractivity contribution >= 4 is 44.2 Å². The minimum atomic E-state index is -3.60. The maximum atomic E-state index is 13.1. The van der Waals surface area contributed by atoms with E-state index in [1.54, 1.807) is 26.4 Å². The summed E-state index contributed by atoms with van der Waals surface area (Å²) in [6.45, 7) is 0.607. The number of hydrogen-bond acceptors (Lipinski definition) is 8. The van der Waals surface area contributed by atoms with Crippen molar-refractivity contribution in [2.24, 2.45) is 5.92 Å². The van der Waals surface area contributed by atoms with Gasteiger partial charge in [0.25, 0.3) is 0 Å². The number of carbonyl (C=O) groups is 1. The van der Waals surface area contributed by atoms with Gasteiger partial charge in [-0.25, -0.2) is 13.4 Å². The predicted molar refractivity (Wildman–Crippen MR) is 139 cm³/mol.